The Kier molecular flexibility index (Phi) is 4.88. The van der Waals surface area contributed by atoms with Crippen LogP contribution in [0, 0.1) is 0 Å². The zero-order valence-electron chi connectivity index (χ0n) is 16.0. The Balaban J connectivity index is 1.42. The molecule has 148 valence electrons. The highest BCUT2D eigenvalue weighted by Crippen LogP contribution is 2.41. The quantitative estimate of drug-likeness (QED) is 0.739. The number of rotatable bonds is 6. The smallest absolute Gasteiger partial charge is 0.255 e. The third-order valence-corrected chi connectivity index (χ3v) is 5.16. The third-order valence-electron chi connectivity index (χ3n) is 5.16. The van der Waals surface area contributed by atoms with E-state index < -0.39 is 11.9 Å². The number of hydrogen-bond donors (Lipinski definition) is 2. The summed E-state index contributed by atoms with van der Waals surface area (Å²) in [4.78, 5) is 50.9. The van der Waals surface area contributed by atoms with Gasteiger partial charge in [0.15, 0.2) is 5.78 Å². The van der Waals surface area contributed by atoms with E-state index in [1.807, 2.05) is 0 Å². The van der Waals surface area contributed by atoms with Gasteiger partial charge in [-0.2, -0.15) is 0 Å². The summed E-state index contributed by atoms with van der Waals surface area (Å²) in [5.41, 5.74) is 2.20. The number of nitrogens with one attached hydrogen (secondary N) is 2. The van der Waals surface area contributed by atoms with Crippen molar-refractivity contribution >= 4 is 29.2 Å². The van der Waals surface area contributed by atoms with E-state index >= 15 is 0 Å². The van der Waals surface area contributed by atoms with Crippen molar-refractivity contribution in [2.24, 2.45) is 0 Å². The molecule has 1 fully saturated rings. The zero-order chi connectivity index (χ0) is 20.5. The maximum absolute atomic E-state index is 12.9. The lowest BCUT2D eigenvalue weighted by molar-refractivity contribution is -0.127. The number of fused-ring (bicyclic) bond motifs is 1. The molecule has 1 unspecified atom stereocenters. The topological polar surface area (TPSA) is 95.6 Å². The Hall–Kier alpha value is -3.48. The summed E-state index contributed by atoms with van der Waals surface area (Å²) in [5.74, 6) is -1.01. The van der Waals surface area contributed by atoms with Gasteiger partial charge in [0.25, 0.3) is 5.91 Å². The van der Waals surface area contributed by atoms with Crippen molar-refractivity contribution in [1.29, 1.82) is 0 Å². The number of carbonyl (C=O) groups is 4. The van der Waals surface area contributed by atoms with Crippen LogP contribution in [0.1, 0.15) is 52.1 Å². The van der Waals surface area contributed by atoms with E-state index in [9.17, 15) is 19.2 Å². The molecule has 1 heterocycles. The van der Waals surface area contributed by atoms with Crippen molar-refractivity contribution in [2.45, 2.75) is 31.8 Å². The number of carbonyl (C=O) groups excluding carboxylic acids is 4. The van der Waals surface area contributed by atoms with Crippen molar-refractivity contribution in [3.05, 3.63) is 65.2 Å². The number of Topliss-reactive ketones (excluding diaryl/α,β-unsaturated/α-hetero) is 1. The molecule has 2 aromatic rings. The molecule has 0 aromatic heterocycles. The number of amides is 3. The SMILES string of the molecule is CC(=O)c1cccc(NC(=O)CNC(=O)C2c3ccccc3C(=O)N2C2CC2)c1. The molecule has 2 N–H and O–H groups in total. The summed E-state index contributed by atoms with van der Waals surface area (Å²) >= 11 is 0. The zero-order valence-corrected chi connectivity index (χ0v) is 16.0. The molecular formula is C22H21N3O4. The van der Waals surface area contributed by atoms with Crippen LogP contribution in [-0.4, -0.2) is 41.0 Å². The molecule has 4 rings (SSSR count). The molecular weight excluding hydrogens is 370 g/mol. The second-order valence-corrected chi connectivity index (χ2v) is 7.34. The van der Waals surface area contributed by atoms with Gasteiger partial charge in [-0.15, -0.1) is 0 Å². The summed E-state index contributed by atoms with van der Waals surface area (Å²) < 4.78 is 0. The Bertz CT molecular complexity index is 1010. The van der Waals surface area contributed by atoms with Gasteiger partial charge in [-0.25, -0.2) is 0 Å². The van der Waals surface area contributed by atoms with Gasteiger partial charge in [-0.1, -0.05) is 30.3 Å². The van der Waals surface area contributed by atoms with Crippen molar-refractivity contribution in [2.75, 3.05) is 11.9 Å². The van der Waals surface area contributed by atoms with Gasteiger partial charge in [0, 0.05) is 22.9 Å². The summed E-state index contributed by atoms with van der Waals surface area (Å²) in [6, 6.07) is 13.1. The van der Waals surface area contributed by atoms with Crippen molar-refractivity contribution in [3.8, 4) is 0 Å². The highest BCUT2D eigenvalue weighted by Gasteiger charge is 2.47. The van der Waals surface area contributed by atoms with Gasteiger partial charge >= 0.3 is 0 Å². The molecule has 0 radical (unpaired) electrons. The second-order valence-electron chi connectivity index (χ2n) is 7.34. The van der Waals surface area contributed by atoms with E-state index in [1.54, 1.807) is 53.4 Å². The fourth-order valence-corrected chi connectivity index (χ4v) is 3.62. The number of hydrogen-bond acceptors (Lipinski definition) is 4. The first-order chi connectivity index (χ1) is 14.0. The van der Waals surface area contributed by atoms with E-state index in [0.29, 0.717) is 22.4 Å². The fraction of sp³-hybridized carbons (Fsp3) is 0.273. The highest BCUT2D eigenvalue weighted by molar-refractivity contribution is 6.06. The molecule has 1 aliphatic carbocycles. The molecule has 0 saturated heterocycles. The minimum atomic E-state index is -0.708. The van der Waals surface area contributed by atoms with Gasteiger partial charge in [0.2, 0.25) is 11.8 Å². The van der Waals surface area contributed by atoms with Crippen LogP contribution in [0.4, 0.5) is 5.69 Å². The van der Waals surface area contributed by atoms with Crippen LogP contribution in [0.15, 0.2) is 48.5 Å². The maximum Gasteiger partial charge on any atom is 0.255 e. The molecule has 2 aliphatic rings. The summed E-state index contributed by atoms with van der Waals surface area (Å²) in [7, 11) is 0. The fourth-order valence-electron chi connectivity index (χ4n) is 3.62. The van der Waals surface area contributed by atoms with Crippen LogP contribution in [0.2, 0.25) is 0 Å². The van der Waals surface area contributed by atoms with E-state index in [2.05, 4.69) is 10.6 Å². The van der Waals surface area contributed by atoms with Gasteiger partial charge in [-0.05, 0) is 43.5 Å². The van der Waals surface area contributed by atoms with Crippen molar-refractivity contribution < 1.29 is 19.2 Å². The third kappa shape index (κ3) is 3.76. The first-order valence-corrected chi connectivity index (χ1v) is 9.56. The second kappa shape index (κ2) is 7.50. The lowest BCUT2D eigenvalue weighted by Gasteiger charge is -2.24. The summed E-state index contributed by atoms with van der Waals surface area (Å²) in [5, 5.41) is 5.32. The molecule has 2 aromatic carbocycles. The molecule has 1 aliphatic heterocycles. The molecule has 3 amide bonds. The minimum Gasteiger partial charge on any atom is -0.345 e. The molecule has 7 heteroatoms. The molecule has 29 heavy (non-hydrogen) atoms. The van der Waals surface area contributed by atoms with Crippen LogP contribution < -0.4 is 10.6 Å². The Morgan fingerprint density at radius 3 is 2.55 bits per heavy atom. The van der Waals surface area contributed by atoms with Crippen LogP contribution in [-0.2, 0) is 9.59 Å². The first kappa shape index (κ1) is 18.9. The average Bonchev–Trinajstić information content (AvgIpc) is 3.50. The van der Waals surface area contributed by atoms with E-state index in [1.165, 1.54) is 6.92 Å². The predicted octanol–water partition coefficient (Wildman–Crippen LogP) is 2.30. The lowest BCUT2D eigenvalue weighted by atomic mass is 10.0. The summed E-state index contributed by atoms with van der Waals surface area (Å²) in [6.45, 7) is 1.22. The van der Waals surface area contributed by atoms with Gasteiger partial charge < -0.3 is 15.5 Å². The van der Waals surface area contributed by atoms with Crippen molar-refractivity contribution in [1.82, 2.24) is 10.2 Å². The van der Waals surface area contributed by atoms with Crippen molar-refractivity contribution in [3.63, 3.8) is 0 Å². The van der Waals surface area contributed by atoms with Gasteiger partial charge in [0.1, 0.15) is 6.04 Å². The number of benzene rings is 2. The number of anilines is 1. The van der Waals surface area contributed by atoms with E-state index in [-0.39, 0.29) is 30.2 Å². The number of nitrogens with zero attached hydrogens (tertiary/aromatic N) is 1. The Labute approximate surface area is 168 Å². The molecule has 1 saturated carbocycles. The monoisotopic (exact) mass is 391 g/mol. The van der Waals surface area contributed by atoms with Gasteiger partial charge in [-0.3, -0.25) is 19.2 Å². The van der Waals surface area contributed by atoms with Crippen LogP contribution in [0.5, 0.6) is 0 Å². The minimum absolute atomic E-state index is 0.0776. The van der Waals surface area contributed by atoms with Gasteiger partial charge in [0.05, 0.1) is 6.54 Å². The lowest BCUT2D eigenvalue weighted by Crippen LogP contribution is -2.42. The maximum atomic E-state index is 12.9. The summed E-state index contributed by atoms with van der Waals surface area (Å²) in [6.07, 6.45) is 1.77. The standard InChI is InChI=1S/C22H21N3O4/c1-13(26)14-5-4-6-15(11-14)24-19(27)12-23-21(28)20-17-7-2-3-8-18(17)22(29)25(20)16-9-10-16/h2-8,11,16,20H,9-10,12H2,1H3,(H,23,28)(H,24,27). The molecule has 7 nitrogen and oxygen atoms in total. The van der Waals surface area contributed by atoms with Crippen LogP contribution in [0.3, 0.4) is 0 Å². The predicted molar refractivity (Wildman–Crippen MR) is 106 cm³/mol. The van der Waals surface area contributed by atoms with E-state index in [4.69, 9.17) is 0 Å². The highest BCUT2D eigenvalue weighted by atomic mass is 16.2. The van der Waals surface area contributed by atoms with Crippen LogP contribution in [0.25, 0.3) is 0 Å². The largest absolute Gasteiger partial charge is 0.345 e. The van der Waals surface area contributed by atoms with E-state index in [0.717, 1.165) is 12.8 Å². The van der Waals surface area contributed by atoms with Crippen LogP contribution >= 0.6 is 0 Å². The Morgan fingerprint density at radius 1 is 1.07 bits per heavy atom. The normalized spacial score (nSPS) is 17.6. The molecule has 0 spiro atoms. The molecule has 0 bridgehead atoms. The molecule has 1 atom stereocenters. The average molecular weight is 391 g/mol. The Morgan fingerprint density at radius 2 is 1.83 bits per heavy atom. The number of ketones is 1. The first-order valence-electron chi connectivity index (χ1n) is 9.56.